The third kappa shape index (κ3) is 3.97. The average molecular weight is 294 g/mol. The molecule has 1 fully saturated rings. The second kappa shape index (κ2) is 7.30. The Balaban J connectivity index is 2.09. The Labute approximate surface area is 123 Å². The zero-order valence-electron chi connectivity index (χ0n) is 11.0. The summed E-state index contributed by atoms with van der Waals surface area (Å²) in [6.07, 6.45) is 2.31. The lowest BCUT2D eigenvalue weighted by molar-refractivity contribution is -0.129. The van der Waals surface area contributed by atoms with Gasteiger partial charge in [-0.2, -0.15) is 0 Å². The molecular formula is C15H16ClNO3. The average Bonchev–Trinajstić information content (AvgIpc) is 2.49. The van der Waals surface area contributed by atoms with Gasteiger partial charge >= 0.3 is 0 Å². The molecule has 0 bridgehead atoms. The molecule has 0 saturated carbocycles. The lowest BCUT2D eigenvalue weighted by atomic mass is 10.1. The summed E-state index contributed by atoms with van der Waals surface area (Å²) >= 11 is 6.06. The molecule has 1 aliphatic rings. The van der Waals surface area contributed by atoms with Crippen LogP contribution in [0.5, 0.6) is 0 Å². The van der Waals surface area contributed by atoms with Gasteiger partial charge in [-0.05, 0) is 37.5 Å². The molecule has 2 rings (SSSR count). The van der Waals surface area contributed by atoms with E-state index >= 15 is 0 Å². The van der Waals surface area contributed by atoms with Crippen LogP contribution >= 0.6 is 11.6 Å². The summed E-state index contributed by atoms with van der Waals surface area (Å²) in [5, 5.41) is 11.9. The van der Waals surface area contributed by atoms with Gasteiger partial charge in [-0.1, -0.05) is 23.4 Å². The zero-order chi connectivity index (χ0) is 14.4. The van der Waals surface area contributed by atoms with Crippen LogP contribution in [0.2, 0.25) is 5.02 Å². The molecule has 1 aromatic carbocycles. The van der Waals surface area contributed by atoms with Gasteiger partial charge in [-0.15, -0.1) is 0 Å². The van der Waals surface area contributed by atoms with Crippen molar-refractivity contribution in [3.8, 4) is 11.8 Å². The van der Waals surface area contributed by atoms with Gasteiger partial charge in [0, 0.05) is 12.2 Å². The van der Waals surface area contributed by atoms with E-state index in [0.29, 0.717) is 22.9 Å². The number of ether oxygens (including phenoxy) is 1. The number of anilines is 1. The lowest BCUT2D eigenvalue weighted by Gasteiger charge is -2.22. The molecule has 20 heavy (non-hydrogen) atoms. The third-order valence-electron chi connectivity index (χ3n) is 3.01. The van der Waals surface area contributed by atoms with Crippen LogP contribution in [-0.2, 0) is 9.53 Å². The van der Waals surface area contributed by atoms with E-state index in [4.69, 9.17) is 21.4 Å². The predicted octanol–water partition coefficient (Wildman–Crippen LogP) is 2.19. The van der Waals surface area contributed by atoms with Crippen molar-refractivity contribution >= 4 is 23.2 Å². The highest BCUT2D eigenvalue weighted by Crippen LogP contribution is 2.24. The Morgan fingerprint density at radius 3 is 3.05 bits per heavy atom. The Morgan fingerprint density at radius 1 is 1.50 bits per heavy atom. The van der Waals surface area contributed by atoms with E-state index in [1.165, 1.54) is 0 Å². The van der Waals surface area contributed by atoms with Crippen molar-refractivity contribution in [2.75, 3.05) is 18.5 Å². The highest BCUT2D eigenvalue weighted by atomic mass is 35.5. The number of hydrogen-bond donors (Lipinski definition) is 2. The van der Waals surface area contributed by atoms with Crippen molar-refractivity contribution in [3.05, 3.63) is 28.8 Å². The Bertz CT molecular complexity index is 542. The number of nitrogens with one attached hydrogen (secondary N) is 1. The first kappa shape index (κ1) is 14.9. The number of amides is 1. The van der Waals surface area contributed by atoms with Crippen LogP contribution in [0.1, 0.15) is 24.8 Å². The first-order valence-corrected chi connectivity index (χ1v) is 6.90. The maximum absolute atomic E-state index is 12.1. The molecule has 1 aliphatic heterocycles. The topological polar surface area (TPSA) is 58.6 Å². The van der Waals surface area contributed by atoms with Gasteiger partial charge in [0.05, 0.1) is 10.7 Å². The summed E-state index contributed by atoms with van der Waals surface area (Å²) in [6.45, 7) is 0.411. The second-order valence-electron chi connectivity index (χ2n) is 4.50. The lowest BCUT2D eigenvalue weighted by Crippen LogP contribution is -2.33. The fourth-order valence-electron chi connectivity index (χ4n) is 2.00. The van der Waals surface area contributed by atoms with Crippen LogP contribution in [0.15, 0.2) is 18.2 Å². The Kier molecular flexibility index (Phi) is 5.42. The molecule has 2 N–H and O–H groups in total. The summed E-state index contributed by atoms with van der Waals surface area (Å²) in [5.74, 6) is 5.14. The summed E-state index contributed by atoms with van der Waals surface area (Å²) in [4.78, 5) is 12.1. The van der Waals surface area contributed by atoms with E-state index < -0.39 is 6.10 Å². The first-order valence-electron chi connectivity index (χ1n) is 6.52. The van der Waals surface area contributed by atoms with Gasteiger partial charge in [0.1, 0.15) is 12.7 Å². The van der Waals surface area contributed by atoms with Gasteiger partial charge in [-0.25, -0.2) is 0 Å². The molecule has 5 heteroatoms. The van der Waals surface area contributed by atoms with Gasteiger partial charge in [0.25, 0.3) is 5.91 Å². The van der Waals surface area contributed by atoms with Crippen LogP contribution in [0.3, 0.4) is 0 Å². The smallest absolute Gasteiger partial charge is 0.253 e. The minimum atomic E-state index is -0.410. The maximum atomic E-state index is 12.1. The summed E-state index contributed by atoms with van der Waals surface area (Å²) in [7, 11) is 0. The van der Waals surface area contributed by atoms with E-state index in [1.54, 1.807) is 18.2 Å². The fourth-order valence-corrected chi connectivity index (χ4v) is 2.17. The maximum Gasteiger partial charge on any atom is 0.253 e. The van der Waals surface area contributed by atoms with E-state index in [-0.39, 0.29) is 12.5 Å². The SMILES string of the molecule is O=C(Nc1cc(C#CCO)ccc1Cl)C1CCCCO1. The van der Waals surface area contributed by atoms with Crippen molar-refractivity contribution in [1.29, 1.82) is 0 Å². The van der Waals surface area contributed by atoms with Crippen molar-refractivity contribution < 1.29 is 14.6 Å². The first-order chi connectivity index (χ1) is 9.70. The summed E-state index contributed by atoms with van der Waals surface area (Å²) in [6, 6.07) is 5.09. The minimum Gasteiger partial charge on any atom is -0.384 e. The predicted molar refractivity (Wildman–Crippen MR) is 77.6 cm³/mol. The number of benzene rings is 1. The van der Waals surface area contributed by atoms with Gasteiger partial charge in [0.15, 0.2) is 0 Å². The van der Waals surface area contributed by atoms with Crippen molar-refractivity contribution in [2.24, 2.45) is 0 Å². The van der Waals surface area contributed by atoms with Crippen LogP contribution in [-0.4, -0.2) is 30.3 Å². The molecule has 106 valence electrons. The number of rotatable bonds is 2. The molecule has 1 amide bonds. The van der Waals surface area contributed by atoms with Crippen LogP contribution in [0.25, 0.3) is 0 Å². The number of carbonyl (C=O) groups is 1. The minimum absolute atomic E-state index is 0.182. The Hall–Kier alpha value is -1.54. The van der Waals surface area contributed by atoms with Crippen LogP contribution < -0.4 is 5.32 Å². The van der Waals surface area contributed by atoms with Crippen molar-refractivity contribution in [1.82, 2.24) is 0 Å². The molecule has 0 aromatic heterocycles. The molecule has 0 spiro atoms. The van der Waals surface area contributed by atoms with E-state index in [1.807, 2.05) is 0 Å². The summed E-state index contributed by atoms with van der Waals surface area (Å²) in [5.41, 5.74) is 1.19. The molecule has 0 radical (unpaired) electrons. The quantitative estimate of drug-likeness (QED) is 0.822. The molecule has 1 saturated heterocycles. The molecule has 4 nitrogen and oxygen atoms in total. The molecule has 1 heterocycles. The molecular weight excluding hydrogens is 278 g/mol. The standard InChI is InChI=1S/C15H16ClNO3/c16-12-7-6-11(4-3-8-18)10-13(12)17-15(19)14-5-1-2-9-20-14/h6-7,10,14,18H,1-2,5,8-9H2,(H,17,19). The molecule has 1 unspecified atom stereocenters. The van der Waals surface area contributed by atoms with Crippen molar-refractivity contribution in [2.45, 2.75) is 25.4 Å². The number of hydrogen-bond acceptors (Lipinski definition) is 3. The molecule has 0 aliphatic carbocycles. The number of carbonyl (C=O) groups excluding carboxylic acids is 1. The van der Waals surface area contributed by atoms with Crippen molar-refractivity contribution in [3.63, 3.8) is 0 Å². The van der Waals surface area contributed by atoms with Crippen LogP contribution in [0, 0.1) is 11.8 Å². The number of aliphatic hydroxyl groups is 1. The van der Waals surface area contributed by atoms with Gasteiger partial charge in [-0.3, -0.25) is 4.79 Å². The van der Waals surface area contributed by atoms with E-state index in [2.05, 4.69) is 17.2 Å². The number of aliphatic hydroxyl groups excluding tert-OH is 1. The number of halogens is 1. The van der Waals surface area contributed by atoms with E-state index in [9.17, 15) is 4.79 Å². The summed E-state index contributed by atoms with van der Waals surface area (Å²) < 4.78 is 5.43. The molecule has 1 aromatic rings. The molecule has 1 atom stereocenters. The Morgan fingerprint density at radius 2 is 2.35 bits per heavy atom. The third-order valence-corrected chi connectivity index (χ3v) is 3.34. The van der Waals surface area contributed by atoms with E-state index in [0.717, 1.165) is 19.3 Å². The normalized spacial score (nSPS) is 18.0. The highest BCUT2D eigenvalue weighted by Gasteiger charge is 2.22. The largest absolute Gasteiger partial charge is 0.384 e. The zero-order valence-corrected chi connectivity index (χ0v) is 11.7. The van der Waals surface area contributed by atoms with Crippen LogP contribution in [0.4, 0.5) is 5.69 Å². The van der Waals surface area contributed by atoms with Gasteiger partial charge < -0.3 is 15.2 Å². The second-order valence-corrected chi connectivity index (χ2v) is 4.91. The monoisotopic (exact) mass is 293 g/mol. The fraction of sp³-hybridized carbons (Fsp3) is 0.400. The highest BCUT2D eigenvalue weighted by molar-refractivity contribution is 6.33. The van der Waals surface area contributed by atoms with Gasteiger partial charge in [0.2, 0.25) is 0 Å².